The average Bonchev–Trinajstić information content (AvgIpc) is 3.05. The molecule has 24 heavy (non-hydrogen) atoms. The molecular weight excluding hydrogens is 308 g/mol. The first-order chi connectivity index (χ1) is 11.3. The summed E-state index contributed by atoms with van der Waals surface area (Å²) in [5.74, 6) is 1.03. The molecule has 0 aromatic carbocycles. The Morgan fingerprint density at radius 2 is 2.00 bits per heavy atom. The van der Waals surface area contributed by atoms with Gasteiger partial charge in [0.15, 0.2) is 5.82 Å². The summed E-state index contributed by atoms with van der Waals surface area (Å²) in [4.78, 5) is 22.0. The van der Waals surface area contributed by atoms with E-state index in [1.165, 1.54) is 0 Å². The van der Waals surface area contributed by atoms with E-state index < -0.39 is 5.97 Å². The van der Waals surface area contributed by atoms with Crippen LogP contribution in [0.1, 0.15) is 39.4 Å². The van der Waals surface area contributed by atoms with Crippen LogP contribution in [0.25, 0.3) is 11.5 Å². The van der Waals surface area contributed by atoms with Crippen LogP contribution in [-0.4, -0.2) is 39.3 Å². The topological polar surface area (TPSA) is 92.4 Å². The molecule has 1 aliphatic heterocycles. The molecule has 3 heterocycles. The predicted molar refractivity (Wildman–Crippen MR) is 88.8 cm³/mol. The second-order valence-electron chi connectivity index (χ2n) is 7.18. The molecule has 0 saturated carbocycles. The Morgan fingerprint density at radius 1 is 1.29 bits per heavy atom. The minimum atomic E-state index is -0.705. The van der Waals surface area contributed by atoms with Crippen molar-refractivity contribution in [2.45, 2.75) is 39.0 Å². The summed E-state index contributed by atoms with van der Waals surface area (Å²) in [5, 5.41) is 13.1. The number of rotatable bonds is 3. The van der Waals surface area contributed by atoms with Crippen LogP contribution < -0.4 is 4.90 Å². The van der Waals surface area contributed by atoms with Crippen LogP contribution in [0.4, 0.5) is 5.82 Å². The fourth-order valence-corrected chi connectivity index (χ4v) is 2.70. The van der Waals surface area contributed by atoms with Gasteiger partial charge in [0.05, 0.1) is 11.5 Å². The van der Waals surface area contributed by atoms with Crippen molar-refractivity contribution < 1.29 is 14.4 Å². The highest BCUT2D eigenvalue weighted by molar-refractivity contribution is 5.70. The van der Waals surface area contributed by atoms with Crippen LogP contribution in [0, 0.1) is 5.92 Å². The first kappa shape index (κ1) is 16.4. The van der Waals surface area contributed by atoms with E-state index in [9.17, 15) is 4.79 Å². The number of hydrogen-bond acceptors (Lipinski definition) is 6. The lowest BCUT2D eigenvalue weighted by Crippen LogP contribution is -2.36. The van der Waals surface area contributed by atoms with Crippen LogP contribution in [0.2, 0.25) is 0 Å². The third-order valence-corrected chi connectivity index (χ3v) is 4.26. The van der Waals surface area contributed by atoms with Crippen molar-refractivity contribution in [3.05, 3.63) is 24.2 Å². The Hall–Kier alpha value is -2.44. The molecule has 0 spiro atoms. The van der Waals surface area contributed by atoms with Crippen molar-refractivity contribution in [3.63, 3.8) is 0 Å². The Bertz CT molecular complexity index is 710. The van der Waals surface area contributed by atoms with E-state index in [1.807, 2.05) is 32.9 Å². The fraction of sp³-hybridized carbons (Fsp3) is 0.529. The molecule has 128 valence electrons. The van der Waals surface area contributed by atoms with Crippen molar-refractivity contribution >= 4 is 11.8 Å². The van der Waals surface area contributed by atoms with E-state index in [4.69, 9.17) is 9.63 Å². The van der Waals surface area contributed by atoms with Gasteiger partial charge in [-0.25, -0.2) is 4.98 Å². The summed E-state index contributed by atoms with van der Waals surface area (Å²) in [5.41, 5.74) is 0.617. The molecule has 1 aliphatic rings. The van der Waals surface area contributed by atoms with Gasteiger partial charge >= 0.3 is 5.97 Å². The number of carboxylic acid groups (broad SMARTS) is 1. The number of carboxylic acids is 1. The fourth-order valence-electron chi connectivity index (χ4n) is 2.70. The lowest BCUT2D eigenvalue weighted by Gasteiger charge is -2.30. The Balaban J connectivity index is 1.70. The number of piperidine rings is 1. The van der Waals surface area contributed by atoms with Crippen molar-refractivity contribution in [2.24, 2.45) is 5.92 Å². The highest BCUT2D eigenvalue weighted by Crippen LogP contribution is 2.26. The summed E-state index contributed by atoms with van der Waals surface area (Å²) < 4.78 is 5.32. The number of aliphatic carboxylic acids is 1. The standard InChI is InChI=1S/C17H22N4O3/c1-17(2,3)16-19-14(24-20-16)12-4-5-13(18-10-12)21-8-6-11(7-9-21)15(22)23/h4-5,10-11H,6-9H2,1-3H3,(H,22,23). The van der Waals surface area contributed by atoms with Gasteiger partial charge in [-0.15, -0.1) is 0 Å². The van der Waals surface area contributed by atoms with E-state index in [2.05, 4.69) is 20.0 Å². The van der Waals surface area contributed by atoms with E-state index in [-0.39, 0.29) is 11.3 Å². The minimum Gasteiger partial charge on any atom is -0.481 e. The van der Waals surface area contributed by atoms with Crippen LogP contribution >= 0.6 is 0 Å². The minimum absolute atomic E-state index is 0.163. The Morgan fingerprint density at radius 3 is 2.50 bits per heavy atom. The summed E-state index contributed by atoms with van der Waals surface area (Å²) in [6, 6.07) is 3.82. The van der Waals surface area contributed by atoms with Gasteiger partial charge in [0.25, 0.3) is 5.89 Å². The molecule has 2 aromatic heterocycles. The number of nitrogens with zero attached hydrogens (tertiary/aromatic N) is 4. The zero-order valence-electron chi connectivity index (χ0n) is 14.2. The van der Waals surface area contributed by atoms with Crippen LogP contribution in [0.3, 0.4) is 0 Å². The number of pyridine rings is 1. The molecule has 0 unspecified atom stereocenters. The zero-order chi connectivity index (χ0) is 17.3. The van der Waals surface area contributed by atoms with Crippen LogP contribution in [0.15, 0.2) is 22.9 Å². The molecule has 0 amide bonds. The van der Waals surface area contributed by atoms with Gasteiger partial charge in [0, 0.05) is 24.7 Å². The Labute approximate surface area is 140 Å². The summed E-state index contributed by atoms with van der Waals surface area (Å²) >= 11 is 0. The smallest absolute Gasteiger partial charge is 0.306 e. The maximum absolute atomic E-state index is 11.0. The first-order valence-corrected chi connectivity index (χ1v) is 8.13. The molecule has 7 nitrogen and oxygen atoms in total. The molecule has 2 aromatic rings. The molecule has 1 saturated heterocycles. The third-order valence-electron chi connectivity index (χ3n) is 4.26. The SMILES string of the molecule is CC(C)(C)c1noc(-c2ccc(N3CCC(C(=O)O)CC3)nc2)n1. The molecular formula is C17H22N4O3. The predicted octanol–water partition coefficient (Wildman–Crippen LogP) is 2.73. The molecule has 0 atom stereocenters. The van der Waals surface area contributed by atoms with Gasteiger partial charge in [-0.3, -0.25) is 4.79 Å². The monoisotopic (exact) mass is 330 g/mol. The molecule has 7 heteroatoms. The van der Waals surface area contributed by atoms with Crippen molar-refractivity contribution in [1.82, 2.24) is 15.1 Å². The van der Waals surface area contributed by atoms with Crippen molar-refractivity contribution in [1.29, 1.82) is 0 Å². The maximum atomic E-state index is 11.0. The van der Waals surface area contributed by atoms with Crippen LogP contribution in [-0.2, 0) is 10.2 Å². The summed E-state index contributed by atoms with van der Waals surface area (Å²) in [6.45, 7) is 7.51. The molecule has 1 N–H and O–H groups in total. The van der Waals surface area contributed by atoms with Gasteiger partial charge in [-0.05, 0) is 25.0 Å². The molecule has 3 rings (SSSR count). The van der Waals surface area contributed by atoms with E-state index >= 15 is 0 Å². The quantitative estimate of drug-likeness (QED) is 0.925. The summed E-state index contributed by atoms with van der Waals surface area (Å²) in [6.07, 6.45) is 3.02. The summed E-state index contributed by atoms with van der Waals surface area (Å²) in [7, 11) is 0. The normalized spacial score (nSPS) is 16.4. The molecule has 0 radical (unpaired) electrons. The Kier molecular flexibility index (Phi) is 4.26. The second kappa shape index (κ2) is 6.22. The van der Waals surface area contributed by atoms with Gasteiger partial charge in [-0.2, -0.15) is 4.98 Å². The second-order valence-corrected chi connectivity index (χ2v) is 7.18. The lowest BCUT2D eigenvalue weighted by molar-refractivity contribution is -0.142. The van der Waals surface area contributed by atoms with Crippen LogP contribution in [0.5, 0.6) is 0 Å². The van der Waals surface area contributed by atoms with Crippen molar-refractivity contribution in [2.75, 3.05) is 18.0 Å². The number of aromatic nitrogens is 3. The molecule has 0 aliphatic carbocycles. The van der Waals surface area contributed by atoms with Crippen molar-refractivity contribution in [3.8, 4) is 11.5 Å². The largest absolute Gasteiger partial charge is 0.481 e. The highest BCUT2D eigenvalue weighted by atomic mass is 16.5. The molecule has 1 fully saturated rings. The molecule has 0 bridgehead atoms. The maximum Gasteiger partial charge on any atom is 0.306 e. The van der Waals surface area contributed by atoms with E-state index in [1.54, 1.807) is 6.20 Å². The first-order valence-electron chi connectivity index (χ1n) is 8.13. The lowest BCUT2D eigenvalue weighted by atomic mass is 9.96. The van der Waals surface area contributed by atoms with Gasteiger partial charge in [0.2, 0.25) is 0 Å². The highest BCUT2D eigenvalue weighted by Gasteiger charge is 2.25. The van der Waals surface area contributed by atoms with Gasteiger partial charge in [-0.1, -0.05) is 25.9 Å². The average molecular weight is 330 g/mol. The third kappa shape index (κ3) is 3.39. The van der Waals surface area contributed by atoms with E-state index in [0.29, 0.717) is 37.6 Å². The van der Waals surface area contributed by atoms with Gasteiger partial charge in [0.1, 0.15) is 5.82 Å². The number of hydrogen-bond donors (Lipinski definition) is 1. The zero-order valence-corrected chi connectivity index (χ0v) is 14.2. The number of anilines is 1. The number of carbonyl (C=O) groups is 1. The van der Waals surface area contributed by atoms with Gasteiger partial charge < -0.3 is 14.5 Å². The van der Waals surface area contributed by atoms with E-state index in [0.717, 1.165) is 11.4 Å².